The topological polar surface area (TPSA) is 193 Å². The summed E-state index contributed by atoms with van der Waals surface area (Å²) in [5.74, 6) is 6.58. The number of nitrogens with zero attached hydrogens (tertiary/aromatic N) is 15. The second-order valence-corrected chi connectivity index (χ2v) is 34.0. The molecule has 9 aromatic heterocycles. The number of pyridine rings is 4. The Balaban J connectivity index is 0.000000115. The van der Waals surface area contributed by atoms with Crippen molar-refractivity contribution in [1.82, 2.24) is 78.4 Å². The van der Waals surface area contributed by atoms with Crippen LogP contribution in [-0.4, -0.2) is 167 Å². The molecule has 0 aliphatic carbocycles. The number of furan rings is 1. The van der Waals surface area contributed by atoms with Gasteiger partial charge < -0.3 is 43.4 Å². The molecule has 0 amide bonds. The van der Waals surface area contributed by atoms with Crippen molar-refractivity contribution in [2.75, 3.05) is 93.5 Å². The largest absolute Gasteiger partial charge is 0.497 e. The van der Waals surface area contributed by atoms with Crippen molar-refractivity contribution in [2.24, 2.45) is 0 Å². The van der Waals surface area contributed by atoms with E-state index in [1.165, 1.54) is 168 Å². The van der Waals surface area contributed by atoms with Gasteiger partial charge in [0.25, 0.3) is 0 Å². The third-order valence-electron chi connectivity index (χ3n) is 24.9. The molecular formula is C107H114N16O5. The number of fused-ring (bicyclic) bond motifs is 6. The second kappa shape index (κ2) is 42.0. The lowest BCUT2D eigenvalue weighted by Gasteiger charge is -2.26. The number of likely N-dealkylation sites (tertiary alicyclic amines) is 3. The summed E-state index contributed by atoms with van der Waals surface area (Å²) in [6.45, 7) is 12.7. The minimum atomic E-state index is 0.272. The number of hydrogen-bond donors (Lipinski definition) is 1. The summed E-state index contributed by atoms with van der Waals surface area (Å²) in [5.41, 5.74) is 23.3. The molecule has 21 nitrogen and oxygen atoms in total. The fourth-order valence-electron chi connectivity index (χ4n) is 17.9. The normalized spacial score (nSPS) is 14.0. The Hall–Kier alpha value is -13.2. The van der Waals surface area contributed by atoms with Gasteiger partial charge >= 0.3 is 0 Å². The summed E-state index contributed by atoms with van der Waals surface area (Å²) in [5, 5.41) is 23.5. The molecule has 13 heterocycles. The fraction of sp³-hybridized carbons (Fsp3) is 0.308. The highest BCUT2D eigenvalue weighted by molar-refractivity contribution is 5.83. The average molecular weight is 1700 g/mol. The Bertz CT molecular complexity index is 6440. The third kappa shape index (κ3) is 21.9. The first-order chi connectivity index (χ1) is 63.2. The van der Waals surface area contributed by atoms with Crippen molar-refractivity contribution in [2.45, 2.75) is 122 Å². The number of hydrogen-bond acceptors (Lipinski definition) is 17. The lowest BCUT2D eigenvalue weighted by molar-refractivity contribution is 0.174. The van der Waals surface area contributed by atoms with Crippen LogP contribution in [0.3, 0.4) is 0 Å². The zero-order valence-corrected chi connectivity index (χ0v) is 73.9. The third-order valence-corrected chi connectivity index (χ3v) is 24.9. The first-order valence-corrected chi connectivity index (χ1v) is 45.9. The van der Waals surface area contributed by atoms with Crippen LogP contribution in [0.2, 0.25) is 0 Å². The summed E-state index contributed by atoms with van der Waals surface area (Å²) in [6.07, 6.45) is 23.6. The zero-order chi connectivity index (χ0) is 86.6. The van der Waals surface area contributed by atoms with E-state index in [2.05, 4.69) is 166 Å². The van der Waals surface area contributed by atoms with Crippen molar-refractivity contribution in [3.05, 3.63) is 335 Å². The Labute approximate surface area is 749 Å². The molecule has 128 heavy (non-hydrogen) atoms. The van der Waals surface area contributed by atoms with Crippen molar-refractivity contribution in [1.29, 1.82) is 0 Å². The van der Waals surface area contributed by atoms with E-state index >= 15 is 0 Å². The molecule has 21 heteroatoms. The molecule has 21 rings (SSSR count). The molecule has 0 radical (unpaired) electrons. The molecule has 0 unspecified atom stereocenters. The predicted octanol–water partition coefficient (Wildman–Crippen LogP) is 20.1. The number of aromatic nitrogens is 12. The van der Waals surface area contributed by atoms with E-state index in [1.807, 2.05) is 140 Å². The van der Waals surface area contributed by atoms with Gasteiger partial charge in [0.1, 0.15) is 17.1 Å². The lowest BCUT2D eigenvalue weighted by atomic mass is 10.0. The predicted molar refractivity (Wildman–Crippen MR) is 509 cm³/mol. The minimum absolute atomic E-state index is 0.272. The van der Waals surface area contributed by atoms with Crippen LogP contribution >= 0.6 is 0 Å². The first kappa shape index (κ1) is 85.6. The smallest absolute Gasteiger partial charge is 0.231 e. The summed E-state index contributed by atoms with van der Waals surface area (Å²) >= 11 is 0. The number of piperidine rings is 1. The Morgan fingerprint density at radius 3 is 1.02 bits per heavy atom. The molecule has 17 aromatic rings. The van der Waals surface area contributed by atoms with Crippen molar-refractivity contribution in [3.63, 3.8) is 0 Å². The fourth-order valence-corrected chi connectivity index (χ4v) is 17.9. The molecule has 8 aromatic carbocycles. The van der Waals surface area contributed by atoms with Crippen LogP contribution < -0.4 is 24.3 Å². The summed E-state index contributed by atoms with van der Waals surface area (Å²) in [6, 6.07) is 90.4. The van der Waals surface area contributed by atoms with Gasteiger partial charge in [-0.1, -0.05) is 128 Å². The van der Waals surface area contributed by atoms with E-state index < -0.39 is 0 Å². The lowest BCUT2D eigenvalue weighted by Crippen LogP contribution is -2.30. The van der Waals surface area contributed by atoms with Crippen LogP contribution in [0.25, 0.3) is 78.6 Å². The monoisotopic (exact) mass is 1700 g/mol. The average Bonchev–Trinajstić information content (AvgIpc) is 1.65. The van der Waals surface area contributed by atoms with Gasteiger partial charge in [-0.05, 0) is 346 Å². The van der Waals surface area contributed by atoms with Crippen molar-refractivity contribution < 1.29 is 23.4 Å². The number of rotatable bonds is 30. The van der Waals surface area contributed by atoms with Crippen LogP contribution in [-0.2, 0) is 51.4 Å². The van der Waals surface area contributed by atoms with Gasteiger partial charge in [-0.3, -0.25) is 0 Å². The van der Waals surface area contributed by atoms with Gasteiger partial charge in [0, 0.05) is 53.3 Å². The summed E-state index contributed by atoms with van der Waals surface area (Å²) < 4.78 is 34.7. The quantitative estimate of drug-likeness (QED) is 0.0418. The van der Waals surface area contributed by atoms with Gasteiger partial charge in [0.15, 0.2) is 57.4 Å². The molecule has 4 aliphatic rings. The highest BCUT2D eigenvalue weighted by Crippen LogP contribution is 2.37. The molecular weight excluding hydrogens is 1590 g/mol. The highest BCUT2D eigenvalue weighted by atomic mass is 16.7. The molecule has 3 saturated heterocycles. The van der Waals surface area contributed by atoms with Gasteiger partial charge in [-0.25, -0.2) is 38.0 Å². The van der Waals surface area contributed by atoms with Crippen molar-refractivity contribution >= 4 is 33.6 Å². The second-order valence-electron chi connectivity index (χ2n) is 34.0. The van der Waals surface area contributed by atoms with Gasteiger partial charge in [0.05, 0.1) is 43.3 Å². The van der Waals surface area contributed by atoms with E-state index in [4.69, 9.17) is 63.7 Å². The van der Waals surface area contributed by atoms with E-state index in [0.29, 0.717) is 0 Å². The van der Waals surface area contributed by atoms with E-state index in [0.717, 1.165) is 189 Å². The number of methoxy groups -OCH3 is 2. The molecule has 3 fully saturated rings. The number of nitrogens with one attached hydrogen (secondary N) is 1. The zero-order valence-electron chi connectivity index (χ0n) is 73.9. The van der Waals surface area contributed by atoms with E-state index in [1.54, 1.807) is 20.5 Å². The van der Waals surface area contributed by atoms with E-state index in [9.17, 15) is 0 Å². The molecule has 0 saturated carbocycles. The van der Waals surface area contributed by atoms with Crippen LogP contribution in [0.15, 0.2) is 272 Å². The molecule has 1 N–H and O–H groups in total. The maximum atomic E-state index is 5.55. The number of aryl methyl sites for hydroxylation is 4. The standard InChI is InChI=1S/C28H28N4O.C28H32N4O.C27H28N4O2.C24H26N4O/c1-2-16-31(15-1)17-4-5-21-8-10-22(11-9-21)19-27-29-28-7-3-6-25(32(28)30-27)23-12-13-26-24(20-23)14-18-33-26;1-33-25-16-14-24(15-17-25)26-8-5-9-28-29-27(30-32(26)28)21-23-12-10-22(11-13-23)7-6-20-31-18-3-2-4-19-31;1-2-15-30(14-1)16-4-5-20-8-10-21(11-9-20)17-26-28-27-7-3-6-23(31(27)29-26)22-12-13-24-25(18-22)33-19-32-24;1-25-16-4-5-18-8-10-19(11-9-18)17-23-26-24-7-3-6-22(28(24)27-23)20-12-14-21(29-2)15-13-20/h3,6-14,18,20H,1-2,4-5,15-17,19H2;5,8-17H,2-4,6-7,18-21H2,1H3;3,6-13,18H,1-2,4-5,14-17,19H2;3,6-15,25H,4-5,16-17H2,1-2H3. The van der Waals surface area contributed by atoms with E-state index in [-0.39, 0.29) is 6.79 Å². The first-order valence-electron chi connectivity index (χ1n) is 45.9. The van der Waals surface area contributed by atoms with Gasteiger partial charge in [0.2, 0.25) is 6.79 Å². The van der Waals surface area contributed by atoms with Crippen LogP contribution in [0.5, 0.6) is 23.0 Å². The highest BCUT2D eigenvalue weighted by Gasteiger charge is 2.21. The maximum absolute atomic E-state index is 5.55. The summed E-state index contributed by atoms with van der Waals surface area (Å²) in [4.78, 5) is 26.9. The Morgan fingerprint density at radius 2 is 0.648 bits per heavy atom. The van der Waals surface area contributed by atoms with Crippen LogP contribution in [0.1, 0.15) is 138 Å². The van der Waals surface area contributed by atoms with Crippen molar-refractivity contribution in [3.8, 4) is 68.0 Å². The van der Waals surface area contributed by atoms with Gasteiger partial charge in [-0.15, -0.1) is 0 Å². The molecule has 0 atom stereocenters. The van der Waals surface area contributed by atoms with Gasteiger partial charge in [-0.2, -0.15) is 20.4 Å². The SMILES string of the molecule is CNCCCc1ccc(Cc2nc3cccc(-c4ccc(OC)cc4)n3n2)cc1.COc1ccc(-c2cccc3nc(Cc4ccc(CCCN5CCCCC5)cc4)nn23)cc1.c1cc(-c2ccc3c(c2)OCO3)n2nc(Cc3ccc(CCCN4CCCC4)cc3)nc2c1.c1cc(-c2ccc3occc3c2)n2nc(Cc3ccc(CCCN4CCCC4)cc3)nc2c1. The number of benzene rings is 8. The molecule has 4 aliphatic heterocycles. The molecule has 652 valence electrons. The maximum Gasteiger partial charge on any atom is 0.231 e. The summed E-state index contributed by atoms with van der Waals surface area (Å²) in [7, 11) is 5.35. The Morgan fingerprint density at radius 1 is 0.320 bits per heavy atom. The molecule has 0 bridgehead atoms. The van der Waals surface area contributed by atoms with Crippen LogP contribution in [0, 0.1) is 0 Å². The Kier molecular flexibility index (Phi) is 28.1. The van der Waals surface area contributed by atoms with Crippen LogP contribution in [0.4, 0.5) is 0 Å². The molecule has 0 spiro atoms. The minimum Gasteiger partial charge on any atom is -0.497 e. The number of ether oxygens (including phenoxy) is 4.